The Balaban J connectivity index is 2.81. The van der Waals surface area contributed by atoms with E-state index < -0.39 is 21.0 Å². The molecule has 1 rings (SSSR count). The lowest BCUT2D eigenvalue weighted by atomic mass is 9.72. The summed E-state index contributed by atoms with van der Waals surface area (Å²) in [6.45, 7) is 13.7. The van der Waals surface area contributed by atoms with Crippen molar-refractivity contribution >= 4 is 21.9 Å². The van der Waals surface area contributed by atoms with Gasteiger partial charge in [0.1, 0.15) is 5.60 Å². The summed E-state index contributed by atoms with van der Waals surface area (Å²) in [6, 6.07) is 0. The summed E-state index contributed by atoms with van der Waals surface area (Å²) in [5.41, 5.74) is 1.52. The third-order valence-corrected chi connectivity index (χ3v) is 7.68. The van der Waals surface area contributed by atoms with Crippen molar-refractivity contribution in [2.75, 3.05) is 12.8 Å². The highest BCUT2D eigenvalue weighted by atomic mass is 32.2. The van der Waals surface area contributed by atoms with E-state index in [-0.39, 0.29) is 36.7 Å². The lowest BCUT2D eigenvalue weighted by Gasteiger charge is -2.35. The van der Waals surface area contributed by atoms with Crippen molar-refractivity contribution in [1.82, 2.24) is 9.84 Å². The molecule has 0 saturated heterocycles. The number of sulfonamides is 1. The van der Waals surface area contributed by atoms with Crippen molar-refractivity contribution in [3.8, 4) is 0 Å². The Morgan fingerprint density at radius 1 is 1.06 bits per heavy atom. The molecule has 1 fully saturated rings. The predicted octanol–water partition coefficient (Wildman–Crippen LogP) is 5.45. The average molecular weight is 503 g/mol. The van der Waals surface area contributed by atoms with Crippen LogP contribution >= 0.6 is 0 Å². The Bertz CT molecular complexity index is 750. The molecule has 1 aliphatic carbocycles. The first kappa shape index (κ1) is 30.9. The van der Waals surface area contributed by atoms with Gasteiger partial charge in [0, 0.05) is 13.0 Å². The zero-order chi connectivity index (χ0) is 26.2. The molecule has 0 spiro atoms. The maximum absolute atomic E-state index is 13.2. The Labute approximate surface area is 208 Å². The number of hydrogen-bond donors (Lipinski definition) is 1. The second kappa shape index (κ2) is 13.2. The van der Waals surface area contributed by atoms with Gasteiger partial charge in [-0.2, -0.15) is 0 Å². The number of amides is 1. The number of rotatable bonds is 13. The summed E-state index contributed by atoms with van der Waals surface area (Å²) >= 11 is 0. The van der Waals surface area contributed by atoms with Gasteiger partial charge in [-0.25, -0.2) is 8.42 Å². The number of hydrazine groups is 1. The van der Waals surface area contributed by atoms with Gasteiger partial charge >= 0.3 is 5.97 Å². The van der Waals surface area contributed by atoms with Gasteiger partial charge in [0.05, 0.1) is 12.2 Å². The minimum absolute atomic E-state index is 0.0761. The van der Waals surface area contributed by atoms with Gasteiger partial charge < -0.3 is 4.74 Å². The molecule has 1 atom stereocenters. The fourth-order valence-electron chi connectivity index (χ4n) is 4.69. The molecule has 8 heteroatoms. The van der Waals surface area contributed by atoms with Crippen molar-refractivity contribution in [1.29, 1.82) is 0 Å². The van der Waals surface area contributed by atoms with Crippen LogP contribution in [-0.2, 0) is 24.3 Å². The highest BCUT2D eigenvalue weighted by Crippen LogP contribution is 2.38. The van der Waals surface area contributed by atoms with E-state index in [0.29, 0.717) is 6.42 Å². The van der Waals surface area contributed by atoms with Crippen LogP contribution in [0.1, 0.15) is 113 Å². The molecule has 0 aromatic heterocycles. The summed E-state index contributed by atoms with van der Waals surface area (Å²) < 4.78 is 30.8. The van der Waals surface area contributed by atoms with E-state index in [4.69, 9.17) is 4.74 Å². The fraction of sp³-hybridized carbons (Fsp3) is 0.923. The average Bonchev–Trinajstić information content (AvgIpc) is 2.67. The molecule has 7 nitrogen and oxygen atoms in total. The lowest BCUT2D eigenvalue weighted by Crippen LogP contribution is -2.47. The maximum Gasteiger partial charge on any atom is 0.309 e. The van der Waals surface area contributed by atoms with Crippen LogP contribution in [0.2, 0.25) is 0 Å². The number of ether oxygens (including phenoxy) is 1. The summed E-state index contributed by atoms with van der Waals surface area (Å²) in [4.78, 5) is 25.8. The number of esters is 1. The van der Waals surface area contributed by atoms with Crippen LogP contribution < -0.4 is 5.43 Å². The normalized spacial score (nSPS) is 17.1. The zero-order valence-corrected chi connectivity index (χ0v) is 23.7. The van der Waals surface area contributed by atoms with Gasteiger partial charge in [-0.1, -0.05) is 72.6 Å². The van der Waals surface area contributed by atoms with E-state index in [1.54, 1.807) is 0 Å². The van der Waals surface area contributed by atoms with E-state index in [2.05, 4.69) is 5.43 Å². The molecule has 0 unspecified atom stereocenters. The lowest BCUT2D eigenvalue weighted by molar-refractivity contribution is -0.165. The van der Waals surface area contributed by atoms with Crippen molar-refractivity contribution in [2.24, 2.45) is 23.2 Å². The maximum atomic E-state index is 13.2. The molecule has 200 valence electrons. The van der Waals surface area contributed by atoms with Crippen LogP contribution in [-0.4, -0.2) is 43.1 Å². The molecule has 0 aliphatic heterocycles. The van der Waals surface area contributed by atoms with Crippen molar-refractivity contribution in [3.05, 3.63) is 0 Å². The number of carbonyl (C=O) groups is 2. The van der Waals surface area contributed by atoms with Gasteiger partial charge in [0.2, 0.25) is 15.9 Å². The van der Waals surface area contributed by atoms with Crippen molar-refractivity contribution in [3.63, 3.8) is 0 Å². The van der Waals surface area contributed by atoms with Gasteiger partial charge in [-0.05, 0) is 50.9 Å². The number of hydrogen-bond acceptors (Lipinski definition) is 5. The second-order valence-electron chi connectivity index (χ2n) is 12.2. The monoisotopic (exact) mass is 502 g/mol. The third-order valence-electron chi connectivity index (χ3n) is 6.64. The fourth-order valence-corrected chi connectivity index (χ4v) is 5.52. The van der Waals surface area contributed by atoms with Crippen molar-refractivity contribution < 1.29 is 22.7 Å². The topological polar surface area (TPSA) is 92.8 Å². The van der Waals surface area contributed by atoms with E-state index in [1.165, 1.54) is 32.1 Å². The molecule has 0 bridgehead atoms. The van der Waals surface area contributed by atoms with Gasteiger partial charge in [0.25, 0.3) is 0 Å². The van der Waals surface area contributed by atoms with Crippen LogP contribution in [0.3, 0.4) is 0 Å². The Kier molecular flexibility index (Phi) is 12.0. The van der Waals surface area contributed by atoms with Crippen LogP contribution in [0, 0.1) is 23.2 Å². The smallest absolute Gasteiger partial charge is 0.309 e. The first-order chi connectivity index (χ1) is 15.5. The van der Waals surface area contributed by atoms with Crippen LogP contribution in [0.5, 0.6) is 0 Å². The molecular formula is C26H50N2O5S. The van der Waals surface area contributed by atoms with Crippen LogP contribution in [0.15, 0.2) is 0 Å². The summed E-state index contributed by atoms with van der Waals surface area (Å²) in [5.74, 6) is -0.0507. The molecule has 1 N–H and O–H groups in total. The zero-order valence-electron chi connectivity index (χ0n) is 22.9. The van der Waals surface area contributed by atoms with E-state index >= 15 is 0 Å². The Morgan fingerprint density at radius 3 is 2.15 bits per heavy atom. The van der Waals surface area contributed by atoms with E-state index in [1.807, 2.05) is 48.5 Å². The molecular weight excluding hydrogens is 452 g/mol. The van der Waals surface area contributed by atoms with E-state index in [9.17, 15) is 18.0 Å². The summed E-state index contributed by atoms with van der Waals surface area (Å²) in [7, 11) is -3.55. The van der Waals surface area contributed by atoms with Gasteiger partial charge in [0.15, 0.2) is 0 Å². The second-order valence-corrected chi connectivity index (χ2v) is 14.1. The van der Waals surface area contributed by atoms with Crippen molar-refractivity contribution in [2.45, 2.75) is 118 Å². The summed E-state index contributed by atoms with van der Waals surface area (Å²) in [6.07, 6.45) is 11.1. The quantitative estimate of drug-likeness (QED) is 0.267. The molecule has 0 radical (unpaired) electrons. The molecule has 0 heterocycles. The predicted molar refractivity (Wildman–Crippen MR) is 137 cm³/mol. The number of nitrogens with zero attached hydrogens (tertiary/aromatic N) is 1. The Morgan fingerprint density at radius 2 is 1.65 bits per heavy atom. The standard InChI is InChI=1S/C26H50N2O5S/c1-20(2)19-28(34(8,31)32)27-23(29)17-18-26(6,7)22(24(30)33-25(3,4)5)16-12-15-21-13-10-9-11-14-21/h20-22H,9-19H2,1-8H3,(H,27,29)/t22-/m0/s1. The van der Waals surface area contributed by atoms with E-state index in [0.717, 1.165) is 35.9 Å². The third kappa shape index (κ3) is 12.0. The molecule has 1 aliphatic rings. The number of nitrogens with one attached hydrogen (secondary N) is 1. The molecule has 1 saturated carbocycles. The summed E-state index contributed by atoms with van der Waals surface area (Å²) in [5, 5.41) is 0. The van der Waals surface area contributed by atoms with Gasteiger partial charge in [-0.15, -0.1) is 4.41 Å². The molecule has 34 heavy (non-hydrogen) atoms. The minimum atomic E-state index is -3.55. The van der Waals surface area contributed by atoms with Gasteiger partial charge in [-0.3, -0.25) is 15.0 Å². The largest absolute Gasteiger partial charge is 0.460 e. The van der Waals surface area contributed by atoms with Crippen LogP contribution in [0.25, 0.3) is 0 Å². The number of carbonyl (C=O) groups excluding carboxylic acids is 2. The SMILES string of the molecule is CC(C)CN(NC(=O)CCC(C)(C)[C@@H](CCCC1CCCCC1)C(=O)OC(C)(C)C)S(C)(=O)=O. The minimum Gasteiger partial charge on any atom is -0.460 e. The molecule has 0 aromatic carbocycles. The Hall–Kier alpha value is -1.15. The van der Waals surface area contributed by atoms with Crippen LogP contribution in [0.4, 0.5) is 0 Å². The molecule has 1 amide bonds. The highest BCUT2D eigenvalue weighted by molar-refractivity contribution is 7.88. The first-order valence-electron chi connectivity index (χ1n) is 13.0. The molecule has 0 aromatic rings. The first-order valence-corrected chi connectivity index (χ1v) is 14.9. The highest BCUT2D eigenvalue weighted by Gasteiger charge is 2.38.